The fraction of sp³-hybridized carbons (Fsp3) is 0.111. The lowest BCUT2D eigenvalue weighted by Crippen LogP contribution is -2.06. The zero-order valence-corrected chi connectivity index (χ0v) is 17.9. The van der Waals surface area contributed by atoms with E-state index in [0.717, 1.165) is 22.0 Å². The van der Waals surface area contributed by atoms with Gasteiger partial charge in [0.2, 0.25) is 0 Å². The summed E-state index contributed by atoms with van der Waals surface area (Å²) in [6.45, 7) is 1.81. The van der Waals surface area contributed by atoms with Gasteiger partial charge in [-0.25, -0.2) is 0 Å². The zero-order valence-electron chi connectivity index (χ0n) is 17.9. The van der Waals surface area contributed by atoms with Crippen LogP contribution in [0.15, 0.2) is 88.2 Å². The second-order valence-electron chi connectivity index (χ2n) is 7.66. The number of nitrogens with zero attached hydrogens (tertiary/aromatic N) is 1. The minimum atomic E-state index is -0.194. The average Bonchev–Trinajstić information content (AvgIpc) is 2.82. The third-order valence-electron chi connectivity index (χ3n) is 5.40. The summed E-state index contributed by atoms with van der Waals surface area (Å²) in [5, 5.41) is 10.8. The Hall–Kier alpha value is -4.16. The molecule has 6 heteroatoms. The van der Waals surface area contributed by atoms with Crippen molar-refractivity contribution in [3.63, 3.8) is 0 Å². The van der Waals surface area contributed by atoms with E-state index >= 15 is 0 Å². The van der Waals surface area contributed by atoms with Gasteiger partial charge in [-0.1, -0.05) is 36.4 Å². The maximum atomic E-state index is 12.8. The van der Waals surface area contributed by atoms with Crippen LogP contribution in [0.5, 0.6) is 17.2 Å². The van der Waals surface area contributed by atoms with E-state index < -0.39 is 0 Å². The molecule has 33 heavy (non-hydrogen) atoms. The number of aromatic nitrogens is 1. The standard InChI is InChI=1S/C27H21NO5/c1-17-12-23(30)27-25(31-16-19-7-3-2-6-18(19)15-29)13-20(14-26(27)32-17)33-24-10-11-28-22-9-5-4-8-21(22)24/h2-14,29H,15-16H2,1H3. The Bertz CT molecular complexity index is 1520. The molecule has 5 rings (SSSR count). The van der Waals surface area contributed by atoms with Gasteiger partial charge in [-0.05, 0) is 36.2 Å². The molecule has 0 aliphatic carbocycles. The number of fused-ring (bicyclic) bond motifs is 2. The van der Waals surface area contributed by atoms with Crippen LogP contribution >= 0.6 is 0 Å². The van der Waals surface area contributed by atoms with E-state index in [1.807, 2.05) is 48.5 Å². The van der Waals surface area contributed by atoms with E-state index in [4.69, 9.17) is 13.9 Å². The molecule has 0 unspecified atom stereocenters. The maximum absolute atomic E-state index is 12.8. The van der Waals surface area contributed by atoms with Crippen LogP contribution in [0.4, 0.5) is 0 Å². The number of pyridine rings is 1. The summed E-state index contributed by atoms with van der Waals surface area (Å²) in [5.41, 5.74) is 2.59. The SMILES string of the molecule is Cc1cc(=O)c2c(OCc3ccccc3CO)cc(Oc3ccnc4ccccc34)cc2o1. The first-order valence-electron chi connectivity index (χ1n) is 10.5. The molecule has 0 spiro atoms. The highest BCUT2D eigenvalue weighted by atomic mass is 16.5. The van der Waals surface area contributed by atoms with E-state index in [9.17, 15) is 9.90 Å². The quantitative estimate of drug-likeness (QED) is 0.376. The molecule has 0 fully saturated rings. The first-order valence-corrected chi connectivity index (χ1v) is 10.5. The number of hydrogen-bond donors (Lipinski definition) is 1. The largest absolute Gasteiger partial charge is 0.488 e. The number of ether oxygens (including phenoxy) is 2. The van der Waals surface area contributed by atoms with Crippen molar-refractivity contribution in [1.29, 1.82) is 0 Å². The Kier molecular flexibility index (Phi) is 5.50. The molecule has 0 saturated heterocycles. The first kappa shape index (κ1) is 20.7. The second kappa shape index (κ2) is 8.76. The molecule has 0 amide bonds. The zero-order chi connectivity index (χ0) is 22.8. The fourth-order valence-electron chi connectivity index (χ4n) is 3.82. The molecule has 3 aromatic carbocycles. The number of aryl methyl sites for hydroxylation is 1. The van der Waals surface area contributed by atoms with Gasteiger partial charge in [-0.3, -0.25) is 9.78 Å². The van der Waals surface area contributed by atoms with Crippen LogP contribution in [0.2, 0.25) is 0 Å². The minimum absolute atomic E-state index is 0.0973. The smallest absolute Gasteiger partial charge is 0.196 e. The lowest BCUT2D eigenvalue weighted by atomic mass is 10.1. The second-order valence-corrected chi connectivity index (χ2v) is 7.66. The molecular weight excluding hydrogens is 418 g/mol. The molecule has 164 valence electrons. The number of para-hydroxylation sites is 1. The molecule has 6 nitrogen and oxygen atoms in total. The van der Waals surface area contributed by atoms with Crippen LogP contribution in [0.3, 0.4) is 0 Å². The predicted octanol–water partition coefficient (Wildman–Crippen LogP) is 5.51. The summed E-state index contributed by atoms with van der Waals surface area (Å²) in [6, 6.07) is 21.7. The molecule has 0 radical (unpaired) electrons. The molecule has 0 aliphatic heterocycles. The lowest BCUT2D eigenvalue weighted by molar-refractivity contribution is 0.270. The monoisotopic (exact) mass is 439 g/mol. The minimum Gasteiger partial charge on any atom is -0.488 e. The maximum Gasteiger partial charge on any atom is 0.196 e. The molecule has 0 bridgehead atoms. The van der Waals surface area contributed by atoms with Gasteiger partial charge in [-0.2, -0.15) is 0 Å². The van der Waals surface area contributed by atoms with Crippen LogP contribution in [0.1, 0.15) is 16.9 Å². The lowest BCUT2D eigenvalue weighted by Gasteiger charge is -2.14. The summed E-state index contributed by atoms with van der Waals surface area (Å²) >= 11 is 0. The predicted molar refractivity (Wildman–Crippen MR) is 126 cm³/mol. The number of benzene rings is 3. The Morgan fingerprint density at radius 2 is 1.73 bits per heavy atom. The summed E-state index contributed by atoms with van der Waals surface area (Å²) in [7, 11) is 0. The van der Waals surface area contributed by atoms with E-state index in [1.165, 1.54) is 6.07 Å². The van der Waals surface area contributed by atoms with Crippen molar-refractivity contribution in [2.24, 2.45) is 0 Å². The van der Waals surface area contributed by atoms with Gasteiger partial charge in [0.05, 0.1) is 12.1 Å². The highest BCUT2D eigenvalue weighted by Gasteiger charge is 2.15. The van der Waals surface area contributed by atoms with Gasteiger partial charge in [0, 0.05) is 29.8 Å². The van der Waals surface area contributed by atoms with Gasteiger partial charge in [0.15, 0.2) is 5.43 Å². The highest BCUT2D eigenvalue weighted by Crippen LogP contribution is 2.35. The normalized spacial score (nSPS) is 11.1. The highest BCUT2D eigenvalue weighted by molar-refractivity contribution is 5.87. The van der Waals surface area contributed by atoms with Gasteiger partial charge in [0.25, 0.3) is 0 Å². The summed E-state index contributed by atoms with van der Waals surface area (Å²) < 4.78 is 18.1. The van der Waals surface area contributed by atoms with E-state index in [-0.39, 0.29) is 18.6 Å². The van der Waals surface area contributed by atoms with Crippen molar-refractivity contribution in [2.45, 2.75) is 20.1 Å². The van der Waals surface area contributed by atoms with Crippen molar-refractivity contribution in [1.82, 2.24) is 4.98 Å². The van der Waals surface area contributed by atoms with Crippen molar-refractivity contribution in [2.75, 3.05) is 0 Å². The van der Waals surface area contributed by atoms with Gasteiger partial charge < -0.3 is 19.0 Å². The fourth-order valence-corrected chi connectivity index (χ4v) is 3.82. The molecule has 2 aromatic heterocycles. The van der Waals surface area contributed by atoms with Gasteiger partial charge >= 0.3 is 0 Å². The number of rotatable bonds is 6. The van der Waals surface area contributed by atoms with Gasteiger partial charge in [-0.15, -0.1) is 0 Å². The summed E-state index contributed by atoms with van der Waals surface area (Å²) in [6.07, 6.45) is 1.69. The third-order valence-corrected chi connectivity index (χ3v) is 5.40. The Labute approximate surface area is 189 Å². The average molecular weight is 439 g/mol. The van der Waals surface area contributed by atoms with Crippen molar-refractivity contribution >= 4 is 21.9 Å². The molecule has 0 saturated carbocycles. The summed E-state index contributed by atoms with van der Waals surface area (Å²) in [5.74, 6) is 1.95. The number of hydrogen-bond acceptors (Lipinski definition) is 6. The first-order chi connectivity index (χ1) is 16.1. The van der Waals surface area contributed by atoms with E-state index in [0.29, 0.717) is 34.0 Å². The van der Waals surface area contributed by atoms with E-state index in [2.05, 4.69) is 4.98 Å². The van der Waals surface area contributed by atoms with Crippen LogP contribution in [0, 0.1) is 6.92 Å². The Morgan fingerprint density at radius 1 is 0.939 bits per heavy atom. The topological polar surface area (TPSA) is 81.8 Å². The van der Waals surface area contributed by atoms with Crippen LogP contribution in [-0.2, 0) is 13.2 Å². The summed E-state index contributed by atoms with van der Waals surface area (Å²) in [4.78, 5) is 17.1. The van der Waals surface area contributed by atoms with Crippen LogP contribution in [0.25, 0.3) is 21.9 Å². The number of aliphatic hydroxyl groups is 1. The Balaban J connectivity index is 1.58. The molecule has 0 aliphatic rings. The van der Waals surface area contributed by atoms with Crippen LogP contribution < -0.4 is 14.9 Å². The Morgan fingerprint density at radius 3 is 2.58 bits per heavy atom. The molecular formula is C27H21NO5. The molecule has 1 N–H and O–H groups in total. The number of aliphatic hydroxyl groups excluding tert-OH is 1. The van der Waals surface area contributed by atoms with E-state index in [1.54, 1.807) is 31.3 Å². The van der Waals surface area contributed by atoms with Gasteiger partial charge in [0.1, 0.15) is 40.6 Å². The third kappa shape index (κ3) is 4.16. The molecule has 2 heterocycles. The van der Waals surface area contributed by atoms with Crippen molar-refractivity contribution in [3.8, 4) is 17.2 Å². The van der Waals surface area contributed by atoms with Crippen molar-refractivity contribution in [3.05, 3.63) is 106 Å². The van der Waals surface area contributed by atoms with Crippen molar-refractivity contribution < 1.29 is 19.0 Å². The van der Waals surface area contributed by atoms with Crippen LogP contribution in [-0.4, -0.2) is 10.1 Å². The molecule has 5 aromatic rings. The molecule has 0 atom stereocenters.